The Hall–Kier alpha value is -2.57. The van der Waals surface area contributed by atoms with Crippen molar-refractivity contribution in [3.05, 3.63) is 63.2 Å². The molecule has 2 N–H and O–H groups in total. The van der Waals surface area contributed by atoms with Crippen LogP contribution in [0.4, 0.5) is 0 Å². The minimum Gasteiger partial charge on any atom is -0.493 e. The van der Waals surface area contributed by atoms with E-state index >= 15 is 0 Å². The number of hydrogen-bond acceptors (Lipinski definition) is 4. The SMILES string of the molecule is COc1cc2nc(C[NH+](C)Cc3ccc(Cl)cc3)[nH]c(=O)c2cc1OC. The predicted molar refractivity (Wildman–Crippen MR) is 101 cm³/mol. The molecule has 0 aliphatic heterocycles. The molecule has 3 rings (SSSR count). The highest BCUT2D eigenvalue weighted by Crippen LogP contribution is 2.29. The molecule has 0 saturated carbocycles. The molecule has 1 atom stereocenters. The van der Waals surface area contributed by atoms with Crippen molar-refractivity contribution in [2.45, 2.75) is 13.1 Å². The van der Waals surface area contributed by atoms with E-state index in [-0.39, 0.29) is 5.56 Å². The predicted octanol–water partition coefficient (Wildman–Crippen LogP) is 1.81. The highest BCUT2D eigenvalue weighted by molar-refractivity contribution is 6.30. The Labute approximate surface area is 156 Å². The van der Waals surface area contributed by atoms with Crippen molar-refractivity contribution >= 4 is 22.5 Å². The van der Waals surface area contributed by atoms with Crippen molar-refractivity contribution in [3.8, 4) is 11.5 Å². The number of nitrogens with zero attached hydrogens (tertiary/aromatic N) is 1. The van der Waals surface area contributed by atoms with Gasteiger partial charge in [-0.25, -0.2) is 4.98 Å². The van der Waals surface area contributed by atoms with Gasteiger partial charge in [0.25, 0.3) is 5.56 Å². The van der Waals surface area contributed by atoms with Crippen LogP contribution in [0.3, 0.4) is 0 Å². The van der Waals surface area contributed by atoms with Crippen molar-refractivity contribution < 1.29 is 14.4 Å². The van der Waals surface area contributed by atoms with E-state index in [9.17, 15) is 4.79 Å². The second kappa shape index (κ2) is 7.76. The summed E-state index contributed by atoms with van der Waals surface area (Å²) in [7, 11) is 5.14. The molecular weight excluding hydrogens is 354 g/mol. The molecule has 0 saturated heterocycles. The number of halogens is 1. The first kappa shape index (κ1) is 18.2. The lowest BCUT2D eigenvalue weighted by molar-refractivity contribution is -0.908. The molecule has 2 aromatic carbocycles. The molecule has 136 valence electrons. The molecule has 6 nitrogen and oxygen atoms in total. The first-order chi connectivity index (χ1) is 12.5. The number of benzene rings is 2. The summed E-state index contributed by atoms with van der Waals surface area (Å²) in [4.78, 5) is 21.1. The number of rotatable bonds is 6. The maximum atomic E-state index is 12.4. The molecule has 0 fully saturated rings. The number of fused-ring (bicyclic) bond motifs is 1. The van der Waals surface area contributed by atoms with Crippen LogP contribution in [0, 0.1) is 0 Å². The molecular formula is C19H21ClN3O3+. The minimum absolute atomic E-state index is 0.190. The Morgan fingerprint density at radius 2 is 1.73 bits per heavy atom. The smallest absolute Gasteiger partial charge is 0.259 e. The fourth-order valence-corrected chi connectivity index (χ4v) is 3.02. The summed E-state index contributed by atoms with van der Waals surface area (Å²) in [5.41, 5.74) is 1.56. The first-order valence-electron chi connectivity index (χ1n) is 8.21. The molecule has 26 heavy (non-hydrogen) atoms. The number of H-pyrrole nitrogens is 1. The van der Waals surface area contributed by atoms with Gasteiger partial charge in [0.05, 0.1) is 32.2 Å². The second-order valence-corrected chi connectivity index (χ2v) is 6.61. The summed E-state index contributed by atoms with van der Waals surface area (Å²) in [6.07, 6.45) is 0. The Morgan fingerprint density at radius 1 is 1.08 bits per heavy atom. The Balaban J connectivity index is 1.85. The lowest BCUT2D eigenvalue weighted by Crippen LogP contribution is -3.06. The summed E-state index contributed by atoms with van der Waals surface area (Å²) in [5.74, 6) is 1.68. The summed E-state index contributed by atoms with van der Waals surface area (Å²) in [6.45, 7) is 1.38. The molecule has 0 bridgehead atoms. The third-order valence-electron chi connectivity index (χ3n) is 4.15. The van der Waals surface area contributed by atoms with Crippen LogP contribution in [0.15, 0.2) is 41.2 Å². The normalized spacial score (nSPS) is 12.2. The standard InChI is InChI=1S/C19H20ClN3O3/c1-23(10-12-4-6-13(20)7-5-12)11-18-21-15-9-17(26-3)16(25-2)8-14(15)19(24)22-18/h4-9H,10-11H2,1-3H3,(H,21,22,24)/p+1. The summed E-state index contributed by atoms with van der Waals surface area (Å²) in [5, 5.41) is 1.19. The van der Waals surface area contributed by atoms with E-state index in [1.165, 1.54) is 17.6 Å². The fraction of sp³-hybridized carbons (Fsp3) is 0.263. The van der Waals surface area contributed by atoms with Gasteiger partial charge in [-0.1, -0.05) is 23.7 Å². The van der Waals surface area contributed by atoms with Crippen LogP contribution in [0.2, 0.25) is 5.02 Å². The summed E-state index contributed by atoms with van der Waals surface area (Å²) >= 11 is 5.92. The van der Waals surface area contributed by atoms with E-state index in [1.54, 1.807) is 19.2 Å². The average molecular weight is 375 g/mol. The topological polar surface area (TPSA) is 68.7 Å². The van der Waals surface area contributed by atoms with Crippen LogP contribution in [0.1, 0.15) is 11.4 Å². The van der Waals surface area contributed by atoms with E-state index in [4.69, 9.17) is 21.1 Å². The summed E-state index contributed by atoms with van der Waals surface area (Å²) in [6, 6.07) is 11.1. The van der Waals surface area contributed by atoms with Crippen LogP contribution in [0.5, 0.6) is 11.5 Å². The number of ether oxygens (including phenoxy) is 2. The molecule has 3 aromatic rings. The van der Waals surface area contributed by atoms with E-state index in [0.29, 0.717) is 34.8 Å². The zero-order valence-electron chi connectivity index (χ0n) is 14.9. The van der Waals surface area contributed by atoms with Gasteiger partial charge in [-0.05, 0) is 18.2 Å². The van der Waals surface area contributed by atoms with Gasteiger partial charge in [0.15, 0.2) is 17.3 Å². The quantitative estimate of drug-likeness (QED) is 0.690. The van der Waals surface area contributed by atoms with E-state index in [0.717, 1.165) is 11.6 Å². The van der Waals surface area contributed by atoms with Crippen LogP contribution in [-0.2, 0) is 13.1 Å². The van der Waals surface area contributed by atoms with Crippen LogP contribution in [0.25, 0.3) is 10.9 Å². The highest BCUT2D eigenvalue weighted by atomic mass is 35.5. The summed E-state index contributed by atoms with van der Waals surface area (Å²) < 4.78 is 10.6. The zero-order valence-corrected chi connectivity index (χ0v) is 15.7. The molecule has 0 spiro atoms. The van der Waals surface area contributed by atoms with Gasteiger partial charge >= 0.3 is 0 Å². The fourth-order valence-electron chi connectivity index (χ4n) is 2.90. The minimum atomic E-state index is -0.190. The monoisotopic (exact) mass is 374 g/mol. The second-order valence-electron chi connectivity index (χ2n) is 6.17. The first-order valence-corrected chi connectivity index (χ1v) is 8.58. The molecule has 0 amide bonds. The van der Waals surface area contributed by atoms with E-state index in [2.05, 4.69) is 9.97 Å². The van der Waals surface area contributed by atoms with Crippen LogP contribution >= 0.6 is 11.6 Å². The van der Waals surface area contributed by atoms with Gasteiger partial charge < -0.3 is 19.4 Å². The largest absolute Gasteiger partial charge is 0.493 e. The number of aromatic amines is 1. The highest BCUT2D eigenvalue weighted by Gasteiger charge is 2.13. The van der Waals surface area contributed by atoms with E-state index < -0.39 is 0 Å². The maximum Gasteiger partial charge on any atom is 0.259 e. The van der Waals surface area contributed by atoms with E-state index in [1.807, 2.05) is 31.3 Å². The number of hydrogen-bond donors (Lipinski definition) is 2. The van der Waals surface area contributed by atoms with Gasteiger partial charge in [-0.15, -0.1) is 0 Å². The van der Waals surface area contributed by atoms with Gasteiger partial charge in [-0.2, -0.15) is 0 Å². The molecule has 7 heteroatoms. The third kappa shape index (κ3) is 3.98. The van der Waals surface area contributed by atoms with Crippen LogP contribution < -0.4 is 19.9 Å². The third-order valence-corrected chi connectivity index (χ3v) is 4.40. The van der Waals surface area contributed by atoms with Crippen molar-refractivity contribution in [1.82, 2.24) is 9.97 Å². The van der Waals surface area contributed by atoms with Crippen LogP contribution in [-0.4, -0.2) is 31.2 Å². The molecule has 1 aromatic heterocycles. The maximum absolute atomic E-state index is 12.4. The van der Waals surface area contributed by atoms with Crippen molar-refractivity contribution in [2.24, 2.45) is 0 Å². The van der Waals surface area contributed by atoms with Crippen molar-refractivity contribution in [2.75, 3.05) is 21.3 Å². The molecule has 0 aliphatic rings. The number of quaternary nitrogens is 1. The number of nitrogens with one attached hydrogen (secondary N) is 2. The van der Waals surface area contributed by atoms with Gasteiger partial charge in [0.2, 0.25) is 0 Å². The van der Waals surface area contributed by atoms with Crippen molar-refractivity contribution in [1.29, 1.82) is 0 Å². The zero-order chi connectivity index (χ0) is 18.7. The lowest BCUT2D eigenvalue weighted by Gasteiger charge is -2.14. The Kier molecular flexibility index (Phi) is 5.44. The average Bonchev–Trinajstić information content (AvgIpc) is 2.62. The molecule has 0 radical (unpaired) electrons. The Bertz CT molecular complexity index is 970. The van der Waals surface area contributed by atoms with Gasteiger partial charge in [0, 0.05) is 16.7 Å². The molecule has 1 unspecified atom stereocenters. The Morgan fingerprint density at radius 3 is 2.38 bits per heavy atom. The molecule has 1 heterocycles. The number of methoxy groups -OCH3 is 2. The number of aromatic nitrogens is 2. The molecule has 0 aliphatic carbocycles. The lowest BCUT2D eigenvalue weighted by atomic mass is 10.2. The van der Waals surface area contributed by atoms with Crippen molar-refractivity contribution in [3.63, 3.8) is 0 Å². The van der Waals surface area contributed by atoms with Gasteiger partial charge in [-0.3, -0.25) is 4.79 Å². The van der Waals surface area contributed by atoms with Gasteiger partial charge in [0.1, 0.15) is 13.1 Å².